The highest BCUT2D eigenvalue weighted by molar-refractivity contribution is 7.99. The molecule has 8 nitrogen and oxygen atoms in total. The zero-order valence-electron chi connectivity index (χ0n) is 18.6. The minimum absolute atomic E-state index is 0.145. The Morgan fingerprint density at radius 3 is 2.56 bits per heavy atom. The first-order valence-electron chi connectivity index (χ1n) is 10.3. The first-order chi connectivity index (χ1) is 15.4. The first-order valence-corrected chi connectivity index (χ1v) is 11.3. The van der Waals surface area contributed by atoms with Gasteiger partial charge in [-0.1, -0.05) is 29.5 Å². The molecule has 3 aromatic rings. The molecule has 32 heavy (non-hydrogen) atoms. The summed E-state index contributed by atoms with van der Waals surface area (Å²) in [6.07, 6.45) is 0. The van der Waals surface area contributed by atoms with Gasteiger partial charge in [0.25, 0.3) is 5.91 Å². The number of nitrogens with one attached hydrogen (secondary N) is 2. The topological polar surface area (TPSA) is 98.1 Å². The number of benzene rings is 2. The lowest BCUT2D eigenvalue weighted by molar-refractivity contribution is -0.113. The SMILES string of the molecule is CCn1c(SCC(=O)Nc2ccc(OC)cc2)nnc1[C@H](C)NC(=O)c1cccc(C)c1. The highest BCUT2D eigenvalue weighted by Crippen LogP contribution is 2.22. The third kappa shape index (κ3) is 5.88. The van der Waals surface area contributed by atoms with E-state index in [2.05, 4.69) is 20.8 Å². The van der Waals surface area contributed by atoms with E-state index in [0.717, 1.165) is 11.3 Å². The molecular formula is C23H27N5O3S. The lowest BCUT2D eigenvalue weighted by atomic mass is 10.1. The molecule has 0 spiro atoms. The molecule has 0 radical (unpaired) electrons. The Labute approximate surface area is 191 Å². The smallest absolute Gasteiger partial charge is 0.251 e. The highest BCUT2D eigenvalue weighted by Gasteiger charge is 2.20. The van der Waals surface area contributed by atoms with E-state index in [1.807, 2.05) is 43.5 Å². The third-order valence-electron chi connectivity index (χ3n) is 4.78. The van der Waals surface area contributed by atoms with Gasteiger partial charge in [-0.05, 0) is 57.2 Å². The Kier molecular flexibility index (Phi) is 7.88. The van der Waals surface area contributed by atoms with Crippen molar-refractivity contribution in [1.29, 1.82) is 0 Å². The summed E-state index contributed by atoms with van der Waals surface area (Å²) in [6, 6.07) is 14.2. The van der Waals surface area contributed by atoms with Crippen LogP contribution in [0.5, 0.6) is 5.75 Å². The number of hydrogen-bond acceptors (Lipinski definition) is 6. The van der Waals surface area contributed by atoms with Crippen molar-refractivity contribution in [2.75, 3.05) is 18.2 Å². The molecule has 2 aromatic carbocycles. The molecule has 2 amide bonds. The monoisotopic (exact) mass is 453 g/mol. The van der Waals surface area contributed by atoms with Gasteiger partial charge in [0.1, 0.15) is 5.75 Å². The van der Waals surface area contributed by atoms with Crippen LogP contribution in [0, 0.1) is 6.92 Å². The van der Waals surface area contributed by atoms with E-state index in [1.165, 1.54) is 11.8 Å². The average Bonchev–Trinajstić information content (AvgIpc) is 3.21. The summed E-state index contributed by atoms with van der Waals surface area (Å²) in [4.78, 5) is 24.9. The minimum atomic E-state index is -0.335. The van der Waals surface area contributed by atoms with E-state index >= 15 is 0 Å². The largest absolute Gasteiger partial charge is 0.497 e. The number of hydrogen-bond donors (Lipinski definition) is 2. The quantitative estimate of drug-likeness (QED) is 0.478. The van der Waals surface area contributed by atoms with Crippen LogP contribution in [-0.4, -0.2) is 39.4 Å². The summed E-state index contributed by atoms with van der Waals surface area (Å²) in [5, 5.41) is 14.9. The predicted molar refractivity (Wildman–Crippen MR) is 125 cm³/mol. The van der Waals surface area contributed by atoms with Crippen molar-refractivity contribution in [3.63, 3.8) is 0 Å². The van der Waals surface area contributed by atoms with Gasteiger partial charge in [-0.3, -0.25) is 9.59 Å². The Hall–Kier alpha value is -3.33. The number of carbonyl (C=O) groups is 2. The van der Waals surface area contributed by atoms with Crippen molar-refractivity contribution in [3.05, 3.63) is 65.5 Å². The summed E-state index contributed by atoms with van der Waals surface area (Å²) in [5.74, 6) is 1.25. The van der Waals surface area contributed by atoms with Crippen molar-refractivity contribution in [2.24, 2.45) is 0 Å². The lowest BCUT2D eigenvalue weighted by Gasteiger charge is -2.15. The molecule has 0 bridgehead atoms. The molecule has 1 aromatic heterocycles. The van der Waals surface area contributed by atoms with E-state index in [0.29, 0.717) is 28.8 Å². The molecule has 0 fully saturated rings. The van der Waals surface area contributed by atoms with Crippen molar-refractivity contribution in [3.8, 4) is 5.75 Å². The summed E-state index contributed by atoms with van der Waals surface area (Å²) >= 11 is 1.30. The fourth-order valence-corrected chi connectivity index (χ4v) is 3.97. The number of ether oxygens (including phenoxy) is 1. The van der Waals surface area contributed by atoms with Crippen molar-refractivity contribution < 1.29 is 14.3 Å². The van der Waals surface area contributed by atoms with E-state index in [-0.39, 0.29) is 23.6 Å². The van der Waals surface area contributed by atoms with Crippen LogP contribution in [0.4, 0.5) is 5.69 Å². The van der Waals surface area contributed by atoms with Crippen LogP contribution in [0.3, 0.4) is 0 Å². The number of amides is 2. The van der Waals surface area contributed by atoms with Crippen LogP contribution >= 0.6 is 11.8 Å². The van der Waals surface area contributed by atoms with Crippen molar-refractivity contribution in [1.82, 2.24) is 20.1 Å². The zero-order chi connectivity index (χ0) is 23.1. The van der Waals surface area contributed by atoms with Crippen LogP contribution in [0.15, 0.2) is 53.7 Å². The van der Waals surface area contributed by atoms with E-state index in [4.69, 9.17) is 4.74 Å². The molecule has 0 aliphatic rings. The van der Waals surface area contributed by atoms with E-state index in [1.54, 1.807) is 37.4 Å². The second-order valence-corrected chi connectivity index (χ2v) is 8.16. The molecule has 0 aliphatic heterocycles. The highest BCUT2D eigenvalue weighted by atomic mass is 32.2. The van der Waals surface area contributed by atoms with Gasteiger partial charge in [0, 0.05) is 17.8 Å². The zero-order valence-corrected chi connectivity index (χ0v) is 19.4. The maximum atomic E-state index is 12.6. The van der Waals surface area contributed by atoms with Crippen LogP contribution < -0.4 is 15.4 Å². The van der Waals surface area contributed by atoms with Gasteiger partial charge in [-0.2, -0.15) is 0 Å². The Balaban J connectivity index is 1.60. The normalized spacial score (nSPS) is 11.6. The fourth-order valence-electron chi connectivity index (χ4n) is 3.16. The number of rotatable bonds is 9. The summed E-state index contributed by atoms with van der Waals surface area (Å²) in [7, 11) is 1.59. The summed E-state index contributed by atoms with van der Waals surface area (Å²) in [6.45, 7) is 6.41. The number of thioether (sulfide) groups is 1. The fraction of sp³-hybridized carbons (Fsp3) is 0.304. The Bertz CT molecular complexity index is 1080. The molecule has 1 atom stereocenters. The molecule has 0 unspecified atom stereocenters. The van der Waals surface area contributed by atoms with Crippen LogP contribution in [0.2, 0.25) is 0 Å². The van der Waals surface area contributed by atoms with E-state index in [9.17, 15) is 9.59 Å². The van der Waals surface area contributed by atoms with Gasteiger partial charge in [-0.25, -0.2) is 0 Å². The maximum absolute atomic E-state index is 12.6. The second kappa shape index (κ2) is 10.8. The van der Waals surface area contributed by atoms with Crippen LogP contribution in [-0.2, 0) is 11.3 Å². The molecule has 168 valence electrons. The first kappa shape index (κ1) is 23.3. The van der Waals surface area contributed by atoms with Gasteiger partial charge in [0.15, 0.2) is 11.0 Å². The number of aryl methyl sites for hydroxylation is 1. The molecule has 1 heterocycles. The second-order valence-electron chi connectivity index (χ2n) is 7.22. The predicted octanol–water partition coefficient (Wildman–Crippen LogP) is 3.84. The number of carbonyl (C=O) groups excluding carboxylic acids is 2. The molecule has 9 heteroatoms. The number of anilines is 1. The van der Waals surface area contributed by atoms with Crippen molar-refractivity contribution in [2.45, 2.75) is 38.5 Å². The summed E-state index contributed by atoms with van der Waals surface area (Å²) in [5.41, 5.74) is 2.32. The van der Waals surface area contributed by atoms with E-state index < -0.39 is 0 Å². The maximum Gasteiger partial charge on any atom is 0.251 e. The number of methoxy groups -OCH3 is 1. The summed E-state index contributed by atoms with van der Waals surface area (Å²) < 4.78 is 7.03. The number of nitrogens with zero attached hydrogens (tertiary/aromatic N) is 3. The Morgan fingerprint density at radius 1 is 1.16 bits per heavy atom. The van der Waals surface area contributed by atoms with Gasteiger partial charge in [0.2, 0.25) is 5.91 Å². The van der Waals surface area contributed by atoms with Gasteiger partial charge >= 0.3 is 0 Å². The standard InChI is InChI=1S/C23H27N5O3S/c1-5-28-21(16(3)24-22(30)17-8-6-7-15(2)13-17)26-27-23(28)32-14-20(29)25-18-9-11-19(31-4)12-10-18/h6-13,16H,5,14H2,1-4H3,(H,24,30)(H,25,29)/t16-/m0/s1. The number of aromatic nitrogens is 3. The van der Waals surface area contributed by atoms with Crippen LogP contribution in [0.25, 0.3) is 0 Å². The van der Waals surface area contributed by atoms with Crippen LogP contribution in [0.1, 0.15) is 41.6 Å². The van der Waals surface area contributed by atoms with Gasteiger partial charge < -0.3 is 19.9 Å². The lowest BCUT2D eigenvalue weighted by Crippen LogP contribution is -2.28. The van der Waals surface area contributed by atoms with Gasteiger partial charge in [0.05, 0.1) is 18.9 Å². The minimum Gasteiger partial charge on any atom is -0.497 e. The molecule has 3 rings (SSSR count). The van der Waals surface area contributed by atoms with Crippen molar-refractivity contribution >= 4 is 29.3 Å². The molecule has 0 saturated heterocycles. The third-order valence-corrected chi connectivity index (χ3v) is 5.75. The molecule has 2 N–H and O–H groups in total. The molecule has 0 saturated carbocycles. The Morgan fingerprint density at radius 2 is 1.91 bits per heavy atom. The average molecular weight is 454 g/mol. The molecular weight excluding hydrogens is 426 g/mol. The molecule has 0 aliphatic carbocycles. The van der Waals surface area contributed by atoms with Gasteiger partial charge in [-0.15, -0.1) is 10.2 Å².